The van der Waals surface area contributed by atoms with Crippen LogP contribution in [0.1, 0.15) is 12.7 Å². The van der Waals surface area contributed by atoms with Crippen molar-refractivity contribution in [2.75, 3.05) is 18.8 Å². The summed E-state index contributed by atoms with van der Waals surface area (Å²) >= 11 is 4.31. The van der Waals surface area contributed by atoms with E-state index in [1.807, 2.05) is 6.20 Å². The molecule has 1 unspecified atom stereocenters. The summed E-state index contributed by atoms with van der Waals surface area (Å²) in [5.41, 5.74) is 0. The summed E-state index contributed by atoms with van der Waals surface area (Å²) in [7, 11) is 0. The Balaban J connectivity index is 1.94. The summed E-state index contributed by atoms with van der Waals surface area (Å²) in [6, 6.07) is 0. The van der Waals surface area contributed by atoms with Gasteiger partial charge in [0.2, 0.25) is 0 Å². The molecule has 0 saturated heterocycles. The maximum Gasteiger partial charge on any atom is 0.122 e. The quantitative estimate of drug-likeness (QED) is 0.760. The molecule has 14 heavy (non-hydrogen) atoms. The number of fused-ring (bicyclic) bond motifs is 1. The van der Waals surface area contributed by atoms with Gasteiger partial charge in [0.05, 0.1) is 6.54 Å². The van der Waals surface area contributed by atoms with Crippen LogP contribution in [0.4, 0.5) is 0 Å². The number of hydrogen-bond acceptors (Lipinski definition) is 3. The van der Waals surface area contributed by atoms with Gasteiger partial charge in [0.25, 0.3) is 0 Å². The van der Waals surface area contributed by atoms with Crippen molar-refractivity contribution in [2.24, 2.45) is 5.92 Å². The number of hydrogen-bond donors (Lipinski definition) is 1. The largest absolute Gasteiger partial charge is 0.333 e. The summed E-state index contributed by atoms with van der Waals surface area (Å²) in [6.45, 7) is 6.59. The Bertz CT molecular complexity index is 297. The molecule has 0 amide bonds. The van der Waals surface area contributed by atoms with E-state index < -0.39 is 0 Å². The molecule has 1 aliphatic heterocycles. The predicted molar refractivity (Wildman–Crippen MR) is 60.5 cm³/mol. The number of imidazole rings is 1. The van der Waals surface area contributed by atoms with Gasteiger partial charge in [-0.15, -0.1) is 0 Å². The van der Waals surface area contributed by atoms with Crippen molar-refractivity contribution < 1.29 is 0 Å². The highest BCUT2D eigenvalue weighted by atomic mass is 32.1. The molecule has 0 aromatic carbocycles. The Morgan fingerprint density at radius 1 is 1.57 bits per heavy atom. The highest BCUT2D eigenvalue weighted by Crippen LogP contribution is 2.12. The zero-order chi connectivity index (χ0) is 9.97. The summed E-state index contributed by atoms with van der Waals surface area (Å²) in [5.74, 6) is 2.83. The van der Waals surface area contributed by atoms with Crippen molar-refractivity contribution in [3.63, 3.8) is 0 Å². The number of rotatable bonds is 3. The van der Waals surface area contributed by atoms with Crippen molar-refractivity contribution >= 4 is 12.6 Å². The van der Waals surface area contributed by atoms with Crippen LogP contribution in [0, 0.1) is 5.92 Å². The third kappa shape index (κ3) is 2.12. The van der Waals surface area contributed by atoms with Gasteiger partial charge in [0.1, 0.15) is 5.82 Å². The zero-order valence-corrected chi connectivity index (χ0v) is 9.45. The molecule has 0 spiro atoms. The average molecular weight is 211 g/mol. The molecule has 0 aliphatic carbocycles. The van der Waals surface area contributed by atoms with Gasteiger partial charge in [-0.05, 0) is 11.7 Å². The van der Waals surface area contributed by atoms with E-state index in [4.69, 9.17) is 0 Å². The molecule has 1 atom stereocenters. The molecule has 0 fully saturated rings. The summed E-state index contributed by atoms with van der Waals surface area (Å²) in [5, 5.41) is 0. The van der Waals surface area contributed by atoms with Crippen molar-refractivity contribution in [3.8, 4) is 0 Å². The molecule has 78 valence electrons. The van der Waals surface area contributed by atoms with Gasteiger partial charge in [-0.3, -0.25) is 4.90 Å². The van der Waals surface area contributed by atoms with Crippen LogP contribution in [0.2, 0.25) is 0 Å². The normalized spacial score (nSPS) is 19.3. The van der Waals surface area contributed by atoms with E-state index in [0.29, 0.717) is 5.92 Å². The fraction of sp³-hybridized carbons (Fsp3) is 0.700. The maximum atomic E-state index is 4.34. The van der Waals surface area contributed by atoms with Gasteiger partial charge in [0, 0.05) is 32.0 Å². The first-order valence-corrected chi connectivity index (χ1v) is 5.76. The van der Waals surface area contributed by atoms with Crippen LogP contribution in [-0.2, 0) is 13.1 Å². The highest BCUT2D eigenvalue weighted by Gasteiger charge is 2.17. The minimum Gasteiger partial charge on any atom is -0.333 e. The van der Waals surface area contributed by atoms with E-state index >= 15 is 0 Å². The van der Waals surface area contributed by atoms with E-state index in [1.54, 1.807) is 0 Å². The van der Waals surface area contributed by atoms with E-state index in [0.717, 1.165) is 31.9 Å². The number of thiol groups is 1. The van der Waals surface area contributed by atoms with Crippen molar-refractivity contribution in [3.05, 3.63) is 18.2 Å². The first-order chi connectivity index (χ1) is 6.79. The average Bonchev–Trinajstić information content (AvgIpc) is 2.64. The van der Waals surface area contributed by atoms with Gasteiger partial charge in [-0.1, -0.05) is 6.92 Å². The minimum absolute atomic E-state index is 0.667. The summed E-state index contributed by atoms with van der Waals surface area (Å²) < 4.78 is 2.24. The molecule has 0 radical (unpaired) electrons. The van der Waals surface area contributed by atoms with Crippen LogP contribution in [0.25, 0.3) is 0 Å². The zero-order valence-electron chi connectivity index (χ0n) is 8.56. The first kappa shape index (κ1) is 10.1. The predicted octanol–water partition coefficient (Wildman–Crippen LogP) is 1.26. The Morgan fingerprint density at radius 3 is 3.21 bits per heavy atom. The SMILES string of the molecule is CC(CS)CN1CCn2ccnc2C1. The second-order valence-electron chi connectivity index (χ2n) is 4.06. The highest BCUT2D eigenvalue weighted by molar-refractivity contribution is 7.80. The Labute approximate surface area is 90.5 Å². The van der Waals surface area contributed by atoms with E-state index in [1.165, 1.54) is 5.82 Å². The second kappa shape index (κ2) is 4.36. The lowest BCUT2D eigenvalue weighted by Gasteiger charge is -2.29. The number of aromatic nitrogens is 2. The fourth-order valence-corrected chi connectivity index (χ4v) is 1.99. The second-order valence-corrected chi connectivity index (χ2v) is 4.42. The van der Waals surface area contributed by atoms with E-state index in [-0.39, 0.29) is 0 Å². The molecular formula is C10H17N3S. The molecule has 1 aromatic heterocycles. The molecule has 1 aliphatic rings. The smallest absolute Gasteiger partial charge is 0.122 e. The lowest BCUT2D eigenvalue weighted by molar-refractivity contribution is 0.196. The molecule has 2 rings (SSSR count). The molecule has 3 nitrogen and oxygen atoms in total. The third-order valence-corrected chi connectivity index (χ3v) is 3.33. The molecule has 0 bridgehead atoms. The van der Waals surface area contributed by atoms with Crippen LogP contribution in [0.3, 0.4) is 0 Å². The van der Waals surface area contributed by atoms with Crippen molar-refractivity contribution in [1.82, 2.24) is 14.5 Å². The minimum atomic E-state index is 0.667. The monoisotopic (exact) mass is 211 g/mol. The van der Waals surface area contributed by atoms with Crippen LogP contribution < -0.4 is 0 Å². The van der Waals surface area contributed by atoms with Gasteiger partial charge in [0.15, 0.2) is 0 Å². The van der Waals surface area contributed by atoms with E-state index in [2.05, 4.69) is 40.2 Å². The lowest BCUT2D eigenvalue weighted by Crippen LogP contribution is -2.36. The lowest BCUT2D eigenvalue weighted by atomic mass is 10.2. The third-order valence-electron chi connectivity index (χ3n) is 2.71. The van der Waals surface area contributed by atoms with Crippen LogP contribution >= 0.6 is 12.6 Å². The van der Waals surface area contributed by atoms with Gasteiger partial charge in [-0.2, -0.15) is 12.6 Å². The summed E-state index contributed by atoms with van der Waals surface area (Å²) in [4.78, 5) is 6.80. The Morgan fingerprint density at radius 2 is 2.43 bits per heavy atom. The van der Waals surface area contributed by atoms with E-state index in [9.17, 15) is 0 Å². The van der Waals surface area contributed by atoms with Gasteiger partial charge in [-0.25, -0.2) is 4.98 Å². The molecule has 0 saturated carbocycles. The maximum absolute atomic E-state index is 4.34. The van der Waals surface area contributed by atoms with Crippen molar-refractivity contribution in [1.29, 1.82) is 0 Å². The molecule has 1 aromatic rings. The molecule has 4 heteroatoms. The first-order valence-electron chi connectivity index (χ1n) is 5.13. The van der Waals surface area contributed by atoms with Crippen LogP contribution in [0.15, 0.2) is 12.4 Å². The molecule has 0 N–H and O–H groups in total. The topological polar surface area (TPSA) is 21.1 Å². The van der Waals surface area contributed by atoms with Crippen LogP contribution in [-0.4, -0.2) is 33.3 Å². The Hall–Kier alpha value is -0.480. The van der Waals surface area contributed by atoms with Crippen LogP contribution in [0.5, 0.6) is 0 Å². The van der Waals surface area contributed by atoms with Gasteiger partial charge < -0.3 is 4.57 Å². The number of nitrogens with zero attached hydrogens (tertiary/aromatic N) is 3. The molecule has 2 heterocycles. The molecular weight excluding hydrogens is 194 g/mol. The van der Waals surface area contributed by atoms with Crippen molar-refractivity contribution in [2.45, 2.75) is 20.0 Å². The Kier molecular flexibility index (Phi) is 3.13. The summed E-state index contributed by atoms with van der Waals surface area (Å²) in [6.07, 6.45) is 3.95. The standard InChI is InChI=1S/C10H17N3S/c1-9(8-14)6-12-4-5-13-3-2-11-10(13)7-12/h2-3,9,14H,4-8H2,1H3. The fourth-order valence-electron chi connectivity index (χ4n) is 1.88. The van der Waals surface area contributed by atoms with Gasteiger partial charge >= 0.3 is 0 Å².